The van der Waals surface area contributed by atoms with Crippen LogP contribution >= 0.6 is 0 Å². The Kier molecular flexibility index (Phi) is 7.14. The molecule has 1 aliphatic heterocycles. The molecular weight excluding hydrogens is 414 g/mol. The molecule has 0 unspecified atom stereocenters. The van der Waals surface area contributed by atoms with Crippen LogP contribution < -0.4 is 4.74 Å². The Morgan fingerprint density at radius 1 is 1.00 bits per heavy atom. The zero-order valence-electron chi connectivity index (χ0n) is 19.8. The molecule has 1 aliphatic rings. The number of ether oxygens (including phenoxy) is 1. The predicted octanol–water partition coefficient (Wildman–Crippen LogP) is 4.90. The largest absolute Gasteiger partial charge is 0.489 e. The van der Waals surface area contributed by atoms with Gasteiger partial charge < -0.3 is 14.1 Å². The second-order valence-corrected chi connectivity index (χ2v) is 9.59. The van der Waals surface area contributed by atoms with Crippen LogP contribution in [0.25, 0.3) is 0 Å². The molecule has 2 heterocycles. The summed E-state index contributed by atoms with van der Waals surface area (Å²) in [4.78, 5) is 21.8. The maximum atomic E-state index is 13.1. The topological polar surface area (TPSA) is 58.8 Å². The summed E-state index contributed by atoms with van der Waals surface area (Å²) in [6.45, 7) is 10.7. The minimum Gasteiger partial charge on any atom is -0.489 e. The minimum absolute atomic E-state index is 0.0462. The first-order valence-corrected chi connectivity index (χ1v) is 11.6. The molecule has 4 rings (SSSR count). The van der Waals surface area contributed by atoms with Gasteiger partial charge in [0.05, 0.1) is 12.7 Å². The number of hydrogen-bond donors (Lipinski definition) is 0. The Bertz CT molecular complexity index is 1040. The van der Waals surface area contributed by atoms with Crippen molar-refractivity contribution >= 4 is 5.91 Å². The molecule has 6 heteroatoms. The molecule has 174 valence electrons. The summed E-state index contributed by atoms with van der Waals surface area (Å²) in [5, 5.41) is 0. The highest BCUT2D eigenvalue weighted by Gasteiger charge is 2.23. The van der Waals surface area contributed by atoms with E-state index in [0.717, 1.165) is 49.0 Å². The third-order valence-corrected chi connectivity index (χ3v) is 5.88. The number of carbonyl (C=O) groups is 1. The van der Waals surface area contributed by atoms with Gasteiger partial charge in [-0.1, -0.05) is 51.1 Å². The lowest BCUT2D eigenvalue weighted by molar-refractivity contribution is 0.0760. The fourth-order valence-electron chi connectivity index (χ4n) is 3.87. The molecule has 0 spiro atoms. The number of hydrogen-bond acceptors (Lipinski definition) is 5. The van der Waals surface area contributed by atoms with Crippen molar-refractivity contribution in [3.05, 3.63) is 83.6 Å². The maximum Gasteiger partial charge on any atom is 0.253 e. The van der Waals surface area contributed by atoms with Gasteiger partial charge in [-0.05, 0) is 36.2 Å². The number of oxazole rings is 1. The molecule has 1 amide bonds. The summed E-state index contributed by atoms with van der Waals surface area (Å²) in [5.41, 5.74) is 1.76. The Morgan fingerprint density at radius 3 is 2.45 bits per heavy atom. The van der Waals surface area contributed by atoms with E-state index in [2.05, 4.69) is 30.7 Å². The van der Waals surface area contributed by atoms with E-state index in [0.29, 0.717) is 25.3 Å². The van der Waals surface area contributed by atoms with Gasteiger partial charge in [-0.15, -0.1) is 0 Å². The SMILES string of the molecule is CC(C)(C)c1cnc(CN2CCCN(C(=O)c3ccc(OCc4ccccc4)cc3)CC2)o1. The van der Waals surface area contributed by atoms with Gasteiger partial charge in [0.15, 0.2) is 0 Å². The number of nitrogens with zero attached hydrogens (tertiary/aromatic N) is 3. The number of amides is 1. The summed E-state index contributed by atoms with van der Waals surface area (Å²) >= 11 is 0. The molecular formula is C27H33N3O3. The van der Waals surface area contributed by atoms with E-state index >= 15 is 0 Å². The average molecular weight is 448 g/mol. The molecule has 6 nitrogen and oxygen atoms in total. The van der Waals surface area contributed by atoms with Gasteiger partial charge in [0.25, 0.3) is 5.91 Å². The first kappa shape index (κ1) is 23.1. The Hall–Kier alpha value is -3.12. The van der Waals surface area contributed by atoms with Crippen LogP contribution in [0.3, 0.4) is 0 Å². The molecule has 0 aliphatic carbocycles. The summed E-state index contributed by atoms with van der Waals surface area (Å²) in [6.07, 6.45) is 2.76. The Labute approximate surface area is 196 Å². The normalized spacial score (nSPS) is 15.3. The van der Waals surface area contributed by atoms with Crippen molar-refractivity contribution in [3.8, 4) is 5.75 Å². The van der Waals surface area contributed by atoms with Crippen LogP contribution in [0, 0.1) is 0 Å². The first-order valence-electron chi connectivity index (χ1n) is 11.6. The van der Waals surface area contributed by atoms with Crippen molar-refractivity contribution in [1.29, 1.82) is 0 Å². The standard InChI is InChI=1S/C27H33N3O3/c1-27(2,3)24-18-28-25(33-24)19-29-14-7-15-30(17-16-29)26(31)22-10-12-23(13-11-22)32-20-21-8-5-4-6-9-21/h4-6,8-13,18H,7,14-17,19-20H2,1-3H3. The Balaban J connectivity index is 1.29. The lowest BCUT2D eigenvalue weighted by Gasteiger charge is -2.21. The van der Waals surface area contributed by atoms with Crippen LogP contribution in [-0.2, 0) is 18.6 Å². The van der Waals surface area contributed by atoms with Crippen molar-refractivity contribution < 1.29 is 13.9 Å². The monoisotopic (exact) mass is 447 g/mol. The van der Waals surface area contributed by atoms with Gasteiger partial charge in [0.1, 0.15) is 18.1 Å². The van der Waals surface area contributed by atoms with E-state index in [1.54, 1.807) is 0 Å². The molecule has 0 saturated carbocycles. The van der Waals surface area contributed by atoms with Gasteiger partial charge in [0, 0.05) is 37.2 Å². The number of benzene rings is 2. The van der Waals surface area contributed by atoms with E-state index in [4.69, 9.17) is 9.15 Å². The zero-order valence-corrected chi connectivity index (χ0v) is 19.8. The van der Waals surface area contributed by atoms with Crippen LogP contribution in [0.5, 0.6) is 5.75 Å². The molecule has 0 N–H and O–H groups in total. The third-order valence-electron chi connectivity index (χ3n) is 5.88. The average Bonchev–Trinajstić information content (AvgIpc) is 3.17. The molecule has 1 saturated heterocycles. The van der Waals surface area contributed by atoms with Crippen molar-refractivity contribution in [2.75, 3.05) is 26.2 Å². The van der Waals surface area contributed by atoms with Gasteiger partial charge in [0.2, 0.25) is 5.89 Å². The number of aromatic nitrogens is 1. The summed E-state index contributed by atoms with van der Waals surface area (Å²) in [7, 11) is 0. The van der Waals surface area contributed by atoms with Crippen LogP contribution in [0.15, 0.2) is 65.2 Å². The molecule has 0 radical (unpaired) electrons. The van der Waals surface area contributed by atoms with Crippen LogP contribution in [0.4, 0.5) is 0 Å². The molecule has 3 aromatic rings. The van der Waals surface area contributed by atoms with Gasteiger partial charge in [-0.3, -0.25) is 9.69 Å². The van der Waals surface area contributed by atoms with E-state index in [1.807, 2.05) is 65.7 Å². The zero-order chi connectivity index (χ0) is 23.3. The maximum absolute atomic E-state index is 13.1. The quantitative estimate of drug-likeness (QED) is 0.538. The summed E-state index contributed by atoms with van der Waals surface area (Å²) < 4.78 is 11.8. The van der Waals surface area contributed by atoms with Crippen LogP contribution in [0.1, 0.15) is 54.8 Å². The number of rotatable bonds is 6. The van der Waals surface area contributed by atoms with E-state index < -0.39 is 0 Å². The van der Waals surface area contributed by atoms with Crippen LogP contribution in [-0.4, -0.2) is 46.9 Å². The fraction of sp³-hybridized carbons (Fsp3) is 0.407. The summed E-state index contributed by atoms with van der Waals surface area (Å²) in [6, 6.07) is 17.5. The van der Waals surface area contributed by atoms with Gasteiger partial charge >= 0.3 is 0 Å². The van der Waals surface area contributed by atoms with Crippen molar-refractivity contribution in [2.24, 2.45) is 0 Å². The molecule has 0 bridgehead atoms. The summed E-state index contributed by atoms with van der Waals surface area (Å²) in [5.74, 6) is 2.47. The Morgan fingerprint density at radius 2 is 1.76 bits per heavy atom. The van der Waals surface area contributed by atoms with Crippen molar-refractivity contribution in [1.82, 2.24) is 14.8 Å². The molecule has 2 aromatic carbocycles. The third kappa shape index (κ3) is 6.23. The molecule has 1 aromatic heterocycles. The van der Waals surface area contributed by atoms with Gasteiger partial charge in [-0.25, -0.2) is 4.98 Å². The van der Waals surface area contributed by atoms with E-state index in [1.165, 1.54) is 0 Å². The lowest BCUT2D eigenvalue weighted by Crippen LogP contribution is -2.35. The minimum atomic E-state index is -0.0462. The lowest BCUT2D eigenvalue weighted by atomic mass is 9.94. The highest BCUT2D eigenvalue weighted by atomic mass is 16.5. The second kappa shape index (κ2) is 10.2. The molecule has 1 fully saturated rings. The van der Waals surface area contributed by atoms with Crippen molar-refractivity contribution in [2.45, 2.75) is 45.8 Å². The van der Waals surface area contributed by atoms with Crippen LogP contribution in [0.2, 0.25) is 0 Å². The molecule has 33 heavy (non-hydrogen) atoms. The fourth-order valence-corrected chi connectivity index (χ4v) is 3.87. The highest BCUT2D eigenvalue weighted by Crippen LogP contribution is 2.23. The van der Waals surface area contributed by atoms with E-state index in [9.17, 15) is 4.79 Å². The smallest absolute Gasteiger partial charge is 0.253 e. The highest BCUT2D eigenvalue weighted by molar-refractivity contribution is 5.94. The molecule has 0 atom stereocenters. The predicted molar refractivity (Wildman–Crippen MR) is 128 cm³/mol. The van der Waals surface area contributed by atoms with E-state index in [-0.39, 0.29) is 11.3 Å². The number of carbonyl (C=O) groups excluding carboxylic acids is 1. The van der Waals surface area contributed by atoms with Gasteiger partial charge in [-0.2, -0.15) is 0 Å². The van der Waals surface area contributed by atoms with Crippen molar-refractivity contribution in [3.63, 3.8) is 0 Å². The second-order valence-electron chi connectivity index (χ2n) is 9.59. The first-order chi connectivity index (χ1) is 15.9.